The van der Waals surface area contributed by atoms with Gasteiger partial charge in [-0.25, -0.2) is 0 Å². The van der Waals surface area contributed by atoms with Crippen molar-refractivity contribution in [2.45, 2.75) is 194 Å². The average Bonchev–Trinajstić information content (AvgIpc) is 3.04. The molecule has 0 aromatic rings. The molecule has 0 atom stereocenters. The molecule has 2 amide bonds. The van der Waals surface area contributed by atoms with E-state index in [4.69, 9.17) is 5.73 Å². The van der Waals surface area contributed by atoms with E-state index in [9.17, 15) is 9.59 Å². The Morgan fingerprint density at radius 2 is 0.889 bits per heavy atom. The zero-order valence-electron chi connectivity index (χ0n) is 30.3. The fourth-order valence-corrected chi connectivity index (χ4v) is 5.80. The van der Waals surface area contributed by atoms with Gasteiger partial charge in [-0.15, -0.1) is 0 Å². The van der Waals surface area contributed by atoms with Crippen LogP contribution in [-0.2, 0) is 9.59 Å². The first-order valence-corrected chi connectivity index (χ1v) is 19.7. The van der Waals surface area contributed by atoms with E-state index in [1.165, 1.54) is 141 Å². The number of rotatable bonds is 35. The molecule has 0 bridgehead atoms. The Kier molecular flexibility index (Phi) is 35.5. The molecule has 5 heteroatoms. The SMILES string of the molecule is CCCCCCCC/C=C\CCCCCCCC(=O)NCCN(CCN)C(=O)CCCCCCC/C=C/CCCCCCCC. The van der Waals surface area contributed by atoms with E-state index in [1.807, 2.05) is 4.90 Å². The molecule has 0 saturated heterocycles. The van der Waals surface area contributed by atoms with Gasteiger partial charge in [0.05, 0.1) is 0 Å². The van der Waals surface area contributed by atoms with Gasteiger partial charge in [0.25, 0.3) is 0 Å². The van der Waals surface area contributed by atoms with Crippen LogP contribution in [0.25, 0.3) is 0 Å². The van der Waals surface area contributed by atoms with E-state index in [0.29, 0.717) is 39.0 Å². The van der Waals surface area contributed by atoms with Gasteiger partial charge >= 0.3 is 0 Å². The minimum absolute atomic E-state index is 0.102. The van der Waals surface area contributed by atoms with Crippen LogP contribution in [0, 0.1) is 0 Å². The number of amides is 2. The molecular weight excluding hydrogens is 554 g/mol. The Bertz CT molecular complexity index is 691. The number of hydrogen-bond acceptors (Lipinski definition) is 3. The zero-order valence-corrected chi connectivity index (χ0v) is 30.3. The van der Waals surface area contributed by atoms with E-state index in [1.54, 1.807) is 0 Å². The maximum absolute atomic E-state index is 12.7. The zero-order chi connectivity index (χ0) is 32.9. The molecule has 0 aromatic heterocycles. The van der Waals surface area contributed by atoms with Crippen molar-refractivity contribution in [3.8, 4) is 0 Å². The maximum Gasteiger partial charge on any atom is 0.222 e. The lowest BCUT2D eigenvalue weighted by molar-refractivity contribution is -0.131. The number of nitrogens with two attached hydrogens (primary N) is 1. The molecule has 45 heavy (non-hydrogen) atoms. The molecule has 3 N–H and O–H groups in total. The van der Waals surface area contributed by atoms with Gasteiger partial charge in [-0.3, -0.25) is 9.59 Å². The molecule has 0 aliphatic rings. The summed E-state index contributed by atoms with van der Waals surface area (Å²) in [7, 11) is 0. The quantitative estimate of drug-likeness (QED) is 0.0540. The fraction of sp³-hybridized carbons (Fsp3) is 0.850. The Morgan fingerprint density at radius 3 is 1.31 bits per heavy atom. The molecule has 264 valence electrons. The van der Waals surface area contributed by atoms with Crippen LogP contribution in [0.15, 0.2) is 24.3 Å². The van der Waals surface area contributed by atoms with Crippen LogP contribution >= 0.6 is 0 Å². The summed E-state index contributed by atoms with van der Waals surface area (Å²) in [5, 5.41) is 3.01. The molecule has 0 rings (SSSR count). The van der Waals surface area contributed by atoms with E-state index in [2.05, 4.69) is 43.5 Å². The number of nitrogens with one attached hydrogen (secondary N) is 1. The van der Waals surface area contributed by atoms with Gasteiger partial charge in [-0.05, 0) is 64.2 Å². The third-order valence-corrected chi connectivity index (χ3v) is 8.77. The van der Waals surface area contributed by atoms with Crippen LogP contribution in [0.2, 0.25) is 0 Å². The Balaban J connectivity index is 3.68. The molecular formula is C40H77N3O2. The van der Waals surface area contributed by atoms with E-state index in [-0.39, 0.29) is 11.8 Å². The molecule has 0 radical (unpaired) electrons. The van der Waals surface area contributed by atoms with Crippen molar-refractivity contribution >= 4 is 11.8 Å². The van der Waals surface area contributed by atoms with Gasteiger partial charge in [0.15, 0.2) is 0 Å². The number of carbonyl (C=O) groups excluding carboxylic acids is 2. The monoisotopic (exact) mass is 632 g/mol. The maximum atomic E-state index is 12.7. The van der Waals surface area contributed by atoms with Crippen molar-refractivity contribution in [2.24, 2.45) is 5.73 Å². The second-order valence-electron chi connectivity index (χ2n) is 13.2. The summed E-state index contributed by atoms with van der Waals surface area (Å²) in [5.41, 5.74) is 5.76. The largest absolute Gasteiger partial charge is 0.354 e. The van der Waals surface area contributed by atoms with E-state index >= 15 is 0 Å². The Labute approximate surface area is 281 Å². The molecule has 0 heterocycles. The average molecular weight is 632 g/mol. The lowest BCUT2D eigenvalue weighted by atomic mass is 10.1. The van der Waals surface area contributed by atoms with Gasteiger partial charge in [0.1, 0.15) is 0 Å². The van der Waals surface area contributed by atoms with Crippen molar-refractivity contribution in [2.75, 3.05) is 26.2 Å². The minimum Gasteiger partial charge on any atom is -0.354 e. The summed E-state index contributed by atoms with van der Waals surface area (Å²) in [6, 6.07) is 0. The third kappa shape index (κ3) is 33.6. The normalized spacial score (nSPS) is 11.6. The summed E-state index contributed by atoms with van der Waals surface area (Å²) in [4.78, 5) is 26.8. The minimum atomic E-state index is 0.102. The first kappa shape index (κ1) is 43.4. The summed E-state index contributed by atoms with van der Waals surface area (Å²) in [6.45, 7) is 6.63. The van der Waals surface area contributed by atoms with Crippen LogP contribution in [0.5, 0.6) is 0 Å². The molecule has 0 unspecified atom stereocenters. The Hall–Kier alpha value is -1.62. The fourth-order valence-electron chi connectivity index (χ4n) is 5.80. The number of hydrogen-bond donors (Lipinski definition) is 2. The van der Waals surface area contributed by atoms with E-state index < -0.39 is 0 Å². The highest BCUT2D eigenvalue weighted by Gasteiger charge is 2.12. The Morgan fingerprint density at radius 1 is 0.511 bits per heavy atom. The summed E-state index contributed by atoms with van der Waals surface area (Å²) in [6.07, 6.45) is 43.3. The molecule has 0 spiro atoms. The summed E-state index contributed by atoms with van der Waals surface area (Å²) in [5.74, 6) is 0.273. The predicted molar refractivity (Wildman–Crippen MR) is 198 cm³/mol. The van der Waals surface area contributed by atoms with Gasteiger partial charge in [0, 0.05) is 39.0 Å². The second-order valence-corrected chi connectivity index (χ2v) is 13.2. The molecule has 5 nitrogen and oxygen atoms in total. The van der Waals surface area contributed by atoms with Gasteiger partial charge in [-0.2, -0.15) is 0 Å². The van der Waals surface area contributed by atoms with Crippen molar-refractivity contribution in [1.82, 2.24) is 10.2 Å². The van der Waals surface area contributed by atoms with E-state index in [0.717, 1.165) is 25.7 Å². The first-order valence-electron chi connectivity index (χ1n) is 19.7. The van der Waals surface area contributed by atoms with Crippen LogP contribution in [0.1, 0.15) is 194 Å². The highest BCUT2D eigenvalue weighted by atomic mass is 16.2. The van der Waals surface area contributed by atoms with Crippen molar-refractivity contribution in [3.63, 3.8) is 0 Å². The predicted octanol–water partition coefficient (Wildman–Crippen LogP) is 11.0. The van der Waals surface area contributed by atoms with Crippen molar-refractivity contribution < 1.29 is 9.59 Å². The molecule has 0 saturated carbocycles. The van der Waals surface area contributed by atoms with Crippen LogP contribution in [-0.4, -0.2) is 42.9 Å². The number of unbranched alkanes of at least 4 members (excludes halogenated alkanes) is 22. The van der Waals surface area contributed by atoms with Crippen molar-refractivity contribution in [3.05, 3.63) is 24.3 Å². The summed E-state index contributed by atoms with van der Waals surface area (Å²) < 4.78 is 0. The molecule has 0 aliphatic carbocycles. The molecule has 0 aliphatic heterocycles. The lowest BCUT2D eigenvalue weighted by Crippen LogP contribution is -2.41. The third-order valence-electron chi connectivity index (χ3n) is 8.77. The first-order chi connectivity index (χ1) is 22.2. The standard InChI is InChI=1S/C40H77N3O2/c1-3-5-7-9-11-13-15-17-19-21-23-25-27-29-31-33-39(44)42-36-38-43(37-35-41)40(45)34-32-30-28-26-24-22-20-18-16-14-12-10-8-6-4-2/h17-20H,3-16,21-38,41H2,1-2H3,(H,42,44)/b19-17-,20-18+. The number of allylic oxidation sites excluding steroid dienone is 4. The highest BCUT2D eigenvalue weighted by molar-refractivity contribution is 5.77. The van der Waals surface area contributed by atoms with Crippen LogP contribution in [0.3, 0.4) is 0 Å². The molecule has 0 aromatic carbocycles. The van der Waals surface area contributed by atoms with Gasteiger partial charge in [0.2, 0.25) is 11.8 Å². The van der Waals surface area contributed by atoms with Crippen LogP contribution < -0.4 is 11.1 Å². The second kappa shape index (κ2) is 36.8. The highest BCUT2D eigenvalue weighted by Crippen LogP contribution is 2.12. The van der Waals surface area contributed by atoms with Gasteiger partial charge < -0.3 is 16.0 Å². The number of carbonyl (C=O) groups is 2. The lowest BCUT2D eigenvalue weighted by Gasteiger charge is -2.22. The number of nitrogens with zero attached hydrogens (tertiary/aromatic N) is 1. The molecule has 0 fully saturated rings. The summed E-state index contributed by atoms with van der Waals surface area (Å²) >= 11 is 0. The topological polar surface area (TPSA) is 75.4 Å². The van der Waals surface area contributed by atoms with Gasteiger partial charge in [-0.1, -0.05) is 141 Å². The van der Waals surface area contributed by atoms with Crippen molar-refractivity contribution in [1.29, 1.82) is 0 Å². The van der Waals surface area contributed by atoms with Crippen LogP contribution in [0.4, 0.5) is 0 Å². The smallest absolute Gasteiger partial charge is 0.222 e.